The molecule has 1 fully saturated rings. The minimum Gasteiger partial charge on any atom is -0.691 e. The van der Waals surface area contributed by atoms with Crippen LogP contribution in [0.25, 0.3) is 0 Å². The van der Waals surface area contributed by atoms with E-state index in [1.54, 1.807) is 0 Å². The number of rotatable bonds is 3. The zero-order valence-corrected chi connectivity index (χ0v) is 7.06. The average molecular weight is 199 g/mol. The third-order valence-corrected chi connectivity index (χ3v) is 2.54. The topological polar surface area (TPSA) is 41.5 Å². The van der Waals surface area contributed by atoms with Gasteiger partial charge in [0.1, 0.15) is 12.3 Å². The summed E-state index contributed by atoms with van der Waals surface area (Å²) in [7, 11) is 0. The van der Waals surface area contributed by atoms with Crippen LogP contribution in [0, 0.1) is 0 Å². The molecule has 1 rings (SSSR count). The van der Waals surface area contributed by atoms with Crippen LogP contribution in [-0.2, 0) is 9.37 Å². The van der Waals surface area contributed by atoms with Crippen LogP contribution in [-0.4, -0.2) is 17.6 Å². The molecule has 6 heteroatoms. The van der Waals surface area contributed by atoms with Crippen LogP contribution in [0.1, 0.15) is 19.3 Å². The molecule has 0 aromatic rings. The first-order valence-electron chi connectivity index (χ1n) is 3.62. The SMILES string of the molecule is [O-]OOSC1CC(F)CC(F)C1. The average Bonchev–Trinajstić information content (AvgIpc) is 1.99. The zero-order chi connectivity index (χ0) is 8.97. The molecule has 0 aromatic heterocycles. The third-order valence-electron chi connectivity index (χ3n) is 1.75. The van der Waals surface area contributed by atoms with Crippen molar-refractivity contribution < 1.29 is 23.4 Å². The molecule has 0 N–H and O–H groups in total. The summed E-state index contributed by atoms with van der Waals surface area (Å²) < 4.78 is 29.4. The Labute approximate surface area is 73.1 Å². The molecule has 2 unspecified atom stereocenters. The maximum absolute atomic E-state index is 12.7. The summed E-state index contributed by atoms with van der Waals surface area (Å²) in [4.78, 5) is 0. The molecule has 1 aliphatic carbocycles. The smallest absolute Gasteiger partial charge is 0.104 e. The fourth-order valence-corrected chi connectivity index (χ4v) is 2.00. The van der Waals surface area contributed by atoms with Gasteiger partial charge in [0.2, 0.25) is 0 Å². The molecule has 1 saturated carbocycles. The molecule has 0 spiro atoms. The second kappa shape index (κ2) is 4.96. The summed E-state index contributed by atoms with van der Waals surface area (Å²) in [6.45, 7) is 0. The standard InChI is InChI=1S/C6H10F2O3S/c7-4-1-5(8)3-6(2-4)12-11-10-9/h4-6,9H,1-3H2/p-1. The molecular formula is C6H9F2O3S-. The van der Waals surface area contributed by atoms with E-state index in [1.165, 1.54) is 0 Å². The van der Waals surface area contributed by atoms with E-state index in [0.717, 1.165) is 0 Å². The van der Waals surface area contributed by atoms with Gasteiger partial charge in [0, 0.05) is 23.7 Å². The van der Waals surface area contributed by atoms with Gasteiger partial charge in [-0.15, -0.1) is 0 Å². The first-order valence-corrected chi connectivity index (χ1v) is 4.43. The summed E-state index contributed by atoms with van der Waals surface area (Å²) >= 11 is 0.690. The molecule has 2 atom stereocenters. The Kier molecular flexibility index (Phi) is 4.20. The Morgan fingerprint density at radius 2 is 1.75 bits per heavy atom. The molecule has 0 aliphatic heterocycles. The quantitative estimate of drug-likeness (QED) is 0.387. The van der Waals surface area contributed by atoms with Crippen LogP contribution >= 0.6 is 12.0 Å². The highest BCUT2D eigenvalue weighted by Gasteiger charge is 2.29. The van der Waals surface area contributed by atoms with Gasteiger partial charge in [-0.05, 0) is 12.8 Å². The molecule has 0 radical (unpaired) electrons. The van der Waals surface area contributed by atoms with Crippen molar-refractivity contribution >= 4 is 12.0 Å². The molecule has 3 nitrogen and oxygen atoms in total. The van der Waals surface area contributed by atoms with Gasteiger partial charge >= 0.3 is 0 Å². The maximum atomic E-state index is 12.7. The molecule has 12 heavy (non-hydrogen) atoms. The molecule has 0 bridgehead atoms. The van der Waals surface area contributed by atoms with E-state index in [1.807, 2.05) is 0 Å². The third kappa shape index (κ3) is 3.22. The van der Waals surface area contributed by atoms with E-state index < -0.39 is 12.3 Å². The fraction of sp³-hybridized carbons (Fsp3) is 1.00. The summed E-state index contributed by atoms with van der Waals surface area (Å²) in [6, 6.07) is 0. The van der Waals surface area contributed by atoms with E-state index in [-0.39, 0.29) is 24.5 Å². The van der Waals surface area contributed by atoms with Gasteiger partial charge in [0.25, 0.3) is 0 Å². The molecule has 0 amide bonds. The van der Waals surface area contributed by atoms with Crippen molar-refractivity contribution in [2.75, 3.05) is 0 Å². The van der Waals surface area contributed by atoms with Crippen LogP contribution < -0.4 is 5.26 Å². The van der Waals surface area contributed by atoms with E-state index >= 15 is 0 Å². The Bertz CT molecular complexity index is 128. The van der Waals surface area contributed by atoms with Gasteiger partial charge in [-0.3, -0.25) is 5.04 Å². The summed E-state index contributed by atoms with van der Waals surface area (Å²) in [6.07, 6.45) is -1.89. The largest absolute Gasteiger partial charge is 0.691 e. The van der Waals surface area contributed by atoms with Gasteiger partial charge < -0.3 is 5.26 Å². The number of alkyl halides is 2. The van der Waals surface area contributed by atoms with Crippen LogP contribution in [0.4, 0.5) is 8.78 Å². The van der Waals surface area contributed by atoms with Crippen molar-refractivity contribution in [2.45, 2.75) is 36.9 Å². The van der Waals surface area contributed by atoms with Crippen molar-refractivity contribution in [3.8, 4) is 0 Å². The predicted octanol–water partition coefficient (Wildman–Crippen LogP) is 1.09. The van der Waals surface area contributed by atoms with Gasteiger partial charge in [0.05, 0.1) is 0 Å². The van der Waals surface area contributed by atoms with E-state index in [9.17, 15) is 14.0 Å². The first kappa shape index (κ1) is 10.2. The monoisotopic (exact) mass is 199 g/mol. The summed E-state index contributed by atoms with van der Waals surface area (Å²) in [5, 5.41) is 12.2. The predicted molar refractivity (Wildman–Crippen MR) is 37.2 cm³/mol. The highest BCUT2D eigenvalue weighted by molar-refractivity contribution is 7.95. The highest BCUT2D eigenvalue weighted by Crippen LogP contribution is 2.32. The second-order valence-corrected chi connectivity index (χ2v) is 3.75. The van der Waals surface area contributed by atoms with Gasteiger partial charge in [-0.25, -0.2) is 8.78 Å². The molecule has 0 heterocycles. The van der Waals surface area contributed by atoms with Crippen molar-refractivity contribution in [1.29, 1.82) is 0 Å². The van der Waals surface area contributed by atoms with E-state index in [4.69, 9.17) is 0 Å². The number of hydrogen-bond acceptors (Lipinski definition) is 4. The second-order valence-electron chi connectivity index (χ2n) is 2.76. The van der Waals surface area contributed by atoms with Crippen LogP contribution in [0.5, 0.6) is 0 Å². The zero-order valence-electron chi connectivity index (χ0n) is 6.24. The van der Waals surface area contributed by atoms with Crippen molar-refractivity contribution in [2.24, 2.45) is 0 Å². The molecular weight excluding hydrogens is 190 g/mol. The van der Waals surface area contributed by atoms with Gasteiger partial charge in [-0.1, -0.05) is 0 Å². The molecule has 72 valence electrons. The minimum atomic E-state index is -1.14. The molecule has 1 aliphatic rings. The van der Waals surface area contributed by atoms with Crippen molar-refractivity contribution in [3.05, 3.63) is 0 Å². The summed E-state index contributed by atoms with van der Waals surface area (Å²) in [5.74, 6) is 0. The lowest BCUT2D eigenvalue weighted by molar-refractivity contribution is -0.777. The lowest BCUT2D eigenvalue weighted by Crippen LogP contribution is -2.26. The summed E-state index contributed by atoms with van der Waals surface area (Å²) in [5.41, 5.74) is 0. The van der Waals surface area contributed by atoms with E-state index in [0.29, 0.717) is 12.0 Å². The van der Waals surface area contributed by atoms with Gasteiger partial charge in [0.15, 0.2) is 0 Å². The minimum absolute atomic E-state index is 0.0463. The van der Waals surface area contributed by atoms with Crippen molar-refractivity contribution in [3.63, 3.8) is 0 Å². The van der Waals surface area contributed by atoms with Crippen LogP contribution in [0.3, 0.4) is 0 Å². The Balaban J connectivity index is 2.24. The normalized spacial score (nSPS) is 36.8. The molecule has 0 aromatic carbocycles. The fourth-order valence-electron chi connectivity index (χ4n) is 1.29. The van der Waals surface area contributed by atoms with Crippen LogP contribution in [0.2, 0.25) is 0 Å². The van der Waals surface area contributed by atoms with Crippen LogP contribution in [0.15, 0.2) is 0 Å². The van der Waals surface area contributed by atoms with E-state index in [2.05, 4.69) is 9.37 Å². The molecule has 0 saturated heterocycles. The van der Waals surface area contributed by atoms with Crippen molar-refractivity contribution in [1.82, 2.24) is 0 Å². The Morgan fingerprint density at radius 1 is 1.17 bits per heavy atom. The Hall–Kier alpha value is 0.0900. The Morgan fingerprint density at radius 3 is 2.25 bits per heavy atom. The van der Waals surface area contributed by atoms with Gasteiger partial charge in [-0.2, -0.15) is 4.33 Å². The lowest BCUT2D eigenvalue weighted by Gasteiger charge is -2.25. The maximum Gasteiger partial charge on any atom is 0.104 e. The highest BCUT2D eigenvalue weighted by atomic mass is 32.2. The number of hydrogen-bond donors (Lipinski definition) is 0. The number of halogens is 2. The first-order chi connectivity index (χ1) is 5.72. The lowest BCUT2D eigenvalue weighted by atomic mass is 9.97.